The van der Waals surface area contributed by atoms with Crippen molar-refractivity contribution in [2.24, 2.45) is 5.73 Å². The van der Waals surface area contributed by atoms with E-state index in [0.717, 1.165) is 17.8 Å². The fourth-order valence-corrected chi connectivity index (χ4v) is 3.35. The molecule has 1 unspecified atom stereocenters. The van der Waals surface area contributed by atoms with E-state index >= 15 is 0 Å². The third kappa shape index (κ3) is 5.41. The molecule has 132 valence electrons. The van der Waals surface area contributed by atoms with E-state index < -0.39 is 0 Å². The summed E-state index contributed by atoms with van der Waals surface area (Å²) in [6, 6.07) is 17.6. The van der Waals surface area contributed by atoms with E-state index in [1.54, 1.807) is 0 Å². The Balaban J connectivity index is 1.55. The van der Waals surface area contributed by atoms with Crippen molar-refractivity contribution in [3.05, 3.63) is 65.7 Å². The monoisotopic (exact) mass is 337 g/mol. The van der Waals surface area contributed by atoms with Gasteiger partial charge >= 0.3 is 0 Å². The minimum atomic E-state index is -0.280. The Hall–Kier alpha value is -2.17. The van der Waals surface area contributed by atoms with Crippen LogP contribution in [-0.4, -0.2) is 23.9 Å². The zero-order valence-corrected chi connectivity index (χ0v) is 14.7. The van der Waals surface area contributed by atoms with Crippen LogP contribution in [0.2, 0.25) is 0 Å². The zero-order chi connectivity index (χ0) is 17.5. The van der Waals surface area contributed by atoms with Gasteiger partial charge in [0.15, 0.2) is 0 Å². The van der Waals surface area contributed by atoms with E-state index in [4.69, 9.17) is 5.73 Å². The van der Waals surface area contributed by atoms with Crippen LogP contribution in [0.3, 0.4) is 0 Å². The molecule has 1 atom stereocenters. The van der Waals surface area contributed by atoms with Gasteiger partial charge in [-0.15, -0.1) is 0 Å². The first-order valence-electron chi connectivity index (χ1n) is 9.12. The second kappa shape index (κ2) is 8.79. The van der Waals surface area contributed by atoms with Crippen molar-refractivity contribution in [1.82, 2.24) is 4.90 Å². The van der Waals surface area contributed by atoms with Crippen LogP contribution in [0.25, 0.3) is 0 Å². The van der Waals surface area contributed by atoms with Crippen LogP contribution in [0.5, 0.6) is 0 Å². The van der Waals surface area contributed by atoms with Gasteiger partial charge < -0.3 is 11.1 Å². The van der Waals surface area contributed by atoms with Crippen LogP contribution >= 0.6 is 0 Å². The molecule has 1 aliphatic heterocycles. The Bertz CT molecular complexity index is 681. The highest BCUT2D eigenvalue weighted by Crippen LogP contribution is 2.18. The maximum absolute atomic E-state index is 12.3. The second-order valence-electron chi connectivity index (χ2n) is 6.81. The van der Waals surface area contributed by atoms with Crippen molar-refractivity contribution < 1.29 is 4.79 Å². The summed E-state index contributed by atoms with van der Waals surface area (Å²) in [5, 5.41) is 2.98. The molecule has 1 amide bonds. The predicted molar refractivity (Wildman–Crippen MR) is 102 cm³/mol. The van der Waals surface area contributed by atoms with Crippen LogP contribution in [0.1, 0.15) is 42.9 Å². The largest absolute Gasteiger partial charge is 0.326 e. The summed E-state index contributed by atoms with van der Waals surface area (Å²) in [6.45, 7) is 3.29. The Morgan fingerprint density at radius 1 is 1.04 bits per heavy atom. The first-order chi connectivity index (χ1) is 12.2. The van der Waals surface area contributed by atoms with Crippen molar-refractivity contribution in [3.63, 3.8) is 0 Å². The molecular weight excluding hydrogens is 310 g/mol. The number of piperidine rings is 1. The number of anilines is 1. The first kappa shape index (κ1) is 17.6. The molecule has 3 rings (SSSR count). The second-order valence-corrected chi connectivity index (χ2v) is 6.81. The average Bonchev–Trinajstić information content (AvgIpc) is 2.63. The molecule has 2 aromatic rings. The van der Waals surface area contributed by atoms with Gasteiger partial charge in [0.1, 0.15) is 0 Å². The Kier molecular flexibility index (Phi) is 6.20. The molecule has 0 spiro atoms. The number of benzene rings is 2. The van der Waals surface area contributed by atoms with Gasteiger partial charge in [-0.05, 0) is 49.2 Å². The Morgan fingerprint density at radius 2 is 1.80 bits per heavy atom. The van der Waals surface area contributed by atoms with Gasteiger partial charge in [-0.3, -0.25) is 9.69 Å². The SMILES string of the molecule is NC(CC(=O)Nc1cccc(CN2CCCCC2)c1)c1ccccc1. The maximum Gasteiger partial charge on any atom is 0.226 e. The number of hydrogen-bond acceptors (Lipinski definition) is 3. The molecule has 4 heteroatoms. The fraction of sp³-hybridized carbons (Fsp3) is 0.381. The van der Waals surface area contributed by atoms with Gasteiger partial charge in [-0.25, -0.2) is 0 Å². The van der Waals surface area contributed by atoms with Crippen molar-refractivity contribution in [2.75, 3.05) is 18.4 Å². The molecule has 1 saturated heterocycles. The molecule has 0 radical (unpaired) electrons. The van der Waals surface area contributed by atoms with Gasteiger partial charge in [0.05, 0.1) is 0 Å². The van der Waals surface area contributed by atoms with Crippen molar-refractivity contribution in [1.29, 1.82) is 0 Å². The summed E-state index contributed by atoms with van der Waals surface area (Å²) >= 11 is 0. The highest BCUT2D eigenvalue weighted by molar-refractivity contribution is 5.91. The van der Waals surface area contributed by atoms with Gasteiger partial charge in [0.25, 0.3) is 0 Å². The number of amides is 1. The molecule has 1 aliphatic rings. The van der Waals surface area contributed by atoms with Gasteiger partial charge in [-0.1, -0.05) is 48.9 Å². The summed E-state index contributed by atoms with van der Waals surface area (Å²) in [6.07, 6.45) is 4.19. The van der Waals surface area contributed by atoms with Crippen molar-refractivity contribution in [2.45, 2.75) is 38.3 Å². The van der Waals surface area contributed by atoms with E-state index in [9.17, 15) is 4.79 Å². The highest BCUT2D eigenvalue weighted by Gasteiger charge is 2.13. The maximum atomic E-state index is 12.3. The molecule has 3 N–H and O–H groups in total. The van der Waals surface area contributed by atoms with Crippen LogP contribution < -0.4 is 11.1 Å². The predicted octanol–water partition coefficient (Wildman–Crippen LogP) is 3.70. The summed E-state index contributed by atoms with van der Waals surface area (Å²) in [4.78, 5) is 14.8. The smallest absolute Gasteiger partial charge is 0.226 e. The van der Waals surface area contributed by atoms with E-state index in [1.807, 2.05) is 42.5 Å². The Labute approximate surface area is 150 Å². The molecule has 0 bridgehead atoms. The van der Waals surface area contributed by atoms with Gasteiger partial charge in [-0.2, -0.15) is 0 Å². The third-order valence-corrected chi connectivity index (χ3v) is 4.70. The van der Waals surface area contributed by atoms with E-state index in [-0.39, 0.29) is 18.4 Å². The van der Waals surface area contributed by atoms with E-state index in [0.29, 0.717) is 0 Å². The minimum absolute atomic E-state index is 0.0496. The van der Waals surface area contributed by atoms with Gasteiger partial charge in [0, 0.05) is 24.7 Å². The lowest BCUT2D eigenvalue weighted by atomic mass is 10.0. The van der Waals surface area contributed by atoms with Crippen LogP contribution in [-0.2, 0) is 11.3 Å². The Morgan fingerprint density at radius 3 is 2.56 bits per heavy atom. The molecule has 1 heterocycles. The number of carbonyl (C=O) groups excluding carboxylic acids is 1. The molecule has 4 nitrogen and oxygen atoms in total. The molecular formula is C21H27N3O. The number of likely N-dealkylation sites (tertiary alicyclic amines) is 1. The normalized spacial score (nSPS) is 16.4. The summed E-state index contributed by atoms with van der Waals surface area (Å²) in [5.41, 5.74) is 9.21. The van der Waals surface area contributed by atoms with Crippen LogP contribution in [0.4, 0.5) is 5.69 Å². The molecule has 0 aromatic heterocycles. The first-order valence-corrected chi connectivity index (χ1v) is 9.12. The van der Waals surface area contributed by atoms with E-state index in [1.165, 1.54) is 37.9 Å². The number of nitrogens with zero attached hydrogens (tertiary/aromatic N) is 1. The summed E-state index contributed by atoms with van der Waals surface area (Å²) in [5.74, 6) is -0.0496. The fourth-order valence-electron chi connectivity index (χ4n) is 3.35. The minimum Gasteiger partial charge on any atom is -0.326 e. The average molecular weight is 337 g/mol. The highest BCUT2D eigenvalue weighted by atomic mass is 16.1. The molecule has 2 aromatic carbocycles. The van der Waals surface area contributed by atoms with Crippen molar-refractivity contribution >= 4 is 11.6 Å². The molecule has 1 fully saturated rings. The summed E-state index contributed by atoms with van der Waals surface area (Å²) in [7, 11) is 0. The topological polar surface area (TPSA) is 58.4 Å². The number of carbonyl (C=O) groups is 1. The van der Waals surface area contributed by atoms with Crippen LogP contribution in [0.15, 0.2) is 54.6 Å². The standard InChI is InChI=1S/C21H27N3O/c22-20(18-9-3-1-4-10-18)15-21(25)23-19-11-7-8-17(14-19)16-24-12-5-2-6-13-24/h1,3-4,7-11,14,20H,2,5-6,12-13,15-16,22H2,(H,23,25). The lowest BCUT2D eigenvalue weighted by Gasteiger charge is -2.26. The lowest BCUT2D eigenvalue weighted by Crippen LogP contribution is -2.29. The van der Waals surface area contributed by atoms with E-state index in [2.05, 4.69) is 22.3 Å². The van der Waals surface area contributed by atoms with Crippen LogP contribution in [0, 0.1) is 0 Å². The number of rotatable bonds is 6. The lowest BCUT2D eigenvalue weighted by molar-refractivity contribution is -0.116. The third-order valence-electron chi connectivity index (χ3n) is 4.70. The van der Waals surface area contributed by atoms with Crippen molar-refractivity contribution in [3.8, 4) is 0 Å². The molecule has 0 saturated carbocycles. The zero-order valence-electron chi connectivity index (χ0n) is 14.7. The number of nitrogens with two attached hydrogens (primary N) is 1. The number of nitrogens with one attached hydrogen (secondary N) is 1. The molecule has 0 aliphatic carbocycles. The quantitative estimate of drug-likeness (QED) is 0.845. The summed E-state index contributed by atoms with van der Waals surface area (Å²) < 4.78 is 0. The number of hydrogen-bond donors (Lipinski definition) is 2. The molecule has 25 heavy (non-hydrogen) atoms. The van der Waals surface area contributed by atoms with Gasteiger partial charge in [0.2, 0.25) is 5.91 Å².